The fourth-order valence-corrected chi connectivity index (χ4v) is 5.06. The first kappa shape index (κ1) is 15.9. The van der Waals surface area contributed by atoms with Gasteiger partial charge in [0.2, 0.25) is 0 Å². The molecule has 0 radical (unpaired) electrons. The second kappa shape index (κ2) is 6.41. The van der Waals surface area contributed by atoms with Gasteiger partial charge in [-0.25, -0.2) is 0 Å². The molecule has 2 aliphatic rings. The molecule has 132 valence electrons. The molecule has 5 heteroatoms. The monoisotopic (exact) mass is 363 g/mol. The van der Waals surface area contributed by atoms with E-state index < -0.39 is 0 Å². The van der Waals surface area contributed by atoms with Crippen molar-refractivity contribution in [1.82, 2.24) is 14.4 Å². The van der Waals surface area contributed by atoms with Gasteiger partial charge in [-0.05, 0) is 29.1 Å². The van der Waals surface area contributed by atoms with Crippen LogP contribution in [0.3, 0.4) is 0 Å². The average molecular weight is 363 g/mol. The first-order valence-corrected chi connectivity index (χ1v) is 9.94. The Bertz CT molecular complexity index is 903. The van der Waals surface area contributed by atoms with Gasteiger partial charge in [-0.1, -0.05) is 36.4 Å². The third kappa shape index (κ3) is 2.68. The molecule has 0 bridgehead atoms. The summed E-state index contributed by atoms with van der Waals surface area (Å²) in [5.41, 5.74) is 2.01. The molecule has 5 rings (SSSR count). The molecule has 0 unspecified atom stereocenters. The van der Waals surface area contributed by atoms with Crippen molar-refractivity contribution < 1.29 is 4.79 Å². The lowest BCUT2D eigenvalue weighted by atomic mass is 10.0. The van der Waals surface area contributed by atoms with Gasteiger partial charge in [-0.15, -0.1) is 11.3 Å². The van der Waals surface area contributed by atoms with Crippen molar-refractivity contribution in [3.63, 3.8) is 0 Å². The van der Waals surface area contributed by atoms with Crippen LogP contribution in [0.2, 0.25) is 0 Å². The van der Waals surface area contributed by atoms with Gasteiger partial charge in [0.1, 0.15) is 5.69 Å². The fourth-order valence-electron chi connectivity index (χ4n) is 4.31. The first-order chi connectivity index (χ1) is 12.8. The first-order valence-electron chi connectivity index (χ1n) is 9.06. The predicted octanol–water partition coefficient (Wildman–Crippen LogP) is 3.63. The SMILES string of the molecule is O=C1c2cccn2[C@H]2CN(Cc3cccs3)C[C@@H]2N1Cc1ccccc1. The second-order valence-corrected chi connectivity index (χ2v) is 8.16. The minimum Gasteiger partial charge on any atom is -0.337 e. The molecule has 26 heavy (non-hydrogen) atoms. The zero-order chi connectivity index (χ0) is 17.5. The zero-order valence-electron chi connectivity index (χ0n) is 14.5. The van der Waals surface area contributed by atoms with Crippen LogP contribution in [-0.2, 0) is 13.1 Å². The Morgan fingerprint density at radius 1 is 0.923 bits per heavy atom. The van der Waals surface area contributed by atoms with Gasteiger partial charge in [0.25, 0.3) is 5.91 Å². The molecule has 0 aliphatic carbocycles. The molecule has 4 nitrogen and oxygen atoms in total. The highest BCUT2D eigenvalue weighted by Gasteiger charge is 2.44. The van der Waals surface area contributed by atoms with E-state index in [-0.39, 0.29) is 11.9 Å². The van der Waals surface area contributed by atoms with Gasteiger partial charge in [0.15, 0.2) is 0 Å². The molecule has 4 heterocycles. The van der Waals surface area contributed by atoms with E-state index in [1.807, 2.05) is 30.3 Å². The quantitative estimate of drug-likeness (QED) is 0.708. The van der Waals surface area contributed by atoms with Gasteiger partial charge in [0.05, 0.1) is 12.1 Å². The van der Waals surface area contributed by atoms with Crippen LogP contribution < -0.4 is 0 Å². The fraction of sp³-hybridized carbons (Fsp3) is 0.286. The van der Waals surface area contributed by atoms with Gasteiger partial charge in [-0.2, -0.15) is 0 Å². The maximum absolute atomic E-state index is 13.1. The highest BCUT2D eigenvalue weighted by atomic mass is 32.1. The molecule has 0 saturated carbocycles. The number of nitrogens with zero attached hydrogens (tertiary/aromatic N) is 3. The van der Waals surface area contributed by atoms with Crippen molar-refractivity contribution in [3.8, 4) is 0 Å². The summed E-state index contributed by atoms with van der Waals surface area (Å²) in [6.07, 6.45) is 2.07. The number of carbonyl (C=O) groups is 1. The van der Waals surface area contributed by atoms with Crippen LogP contribution >= 0.6 is 11.3 Å². The Balaban J connectivity index is 1.45. The molecule has 3 aromatic rings. The number of hydrogen-bond acceptors (Lipinski definition) is 3. The minimum atomic E-state index is 0.151. The highest BCUT2D eigenvalue weighted by molar-refractivity contribution is 7.09. The number of aromatic nitrogens is 1. The van der Waals surface area contributed by atoms with Crippen molar-refractivity contribution in [2.75, 3.05) is 13.1 Å². The summed E-state index contributed by atoms with van der Waals surface area (Å²) in [4.78, 5) is 19.1. The molecule has 0 N–H and O–H groups in total. The molecular formula is C21H21N3OS. The number of rotatable bonds is 4. The topological polar surface area (TPSA) is 28.5 Å². The molecule has 1 aromatic carbocycles. The van der Waals surface area contributed by atoms with E-state index in [1.54, 1.807) is 11.3 Å². The van der Waals surface area contributed by atoms with E-state index in [1.165, 1.54) is 10.4 Å². The minimum absolute atomic E-state index is 0.151. The Morgan fingerprint density at radius 2 is 1.77 bits per heavy atom. The van der Waals surface area contributed by atoms with Gasteiger partial charge in [0, 0.05) is 37.3 Å². The average Bonchev–Trinajstić information content (AvgIpc) is 3.40. The van der Waals surface area contributed by atoms with E-state index in [2.05, 4.69) is 50.2 Å². The van der Waals surface area contributed by atoms with E-state index in [0.29, 0.717) is 12.6 Å². The number of thiophene rings is 1. The van der Waals surface area contributed by atoms with Crippen molar-refractivity contribution >= 4 is 17.2 Å². The van der Waals surface area contributed by atoms with Crippen molar-refractivity contribution in [3.05, 3.63) is 82.3 Å². The van der Waals surface area contributed by atoms with Crippen LogP contribution in [-0.4, -0.2) is 39.4 Å². The van der Waals surface area contributed by atoms with Crippen molar-refractivity contribution in [2.24, 2.45) is 0 Å². The van der Waals surface area contributed by atoms with Crippen LogP contribution in [0.5, 0.6) is 0 Å². The normalized spacial score (nSPS) is 22.5. The van der Waals surface area contributed by atoms with Crippen LogP contribution in [0, 0.1) is 0 Å². The van der Waals surface area contributed by atoms with Gasteiger partial charge >= 0.3 is 0 Å². The summed E-state index contributed by atoms with van der Waals surface area (Å²) >= 11 is 1.81. The number of carbonyl (C=O) groups excluding carboxylic acids is 1. The molecule has 1 amide bonds. The molecule has 1 fully saturated rings. The smallest absolute Gasteiger partial charge is 0.271 e. The molecule has 2 atom stereocenters. The number of fused-ring (bicyclic) bond motifs is 3. The maximum Gasteiger partial charge on any atom is 0.271 e. The van der Waals surface area contributed by atoms with Crippen LogP contribution in [0.25, 0.3) is 0 Å². The maximum atomic E-state index is 13.1. The Morgan fingerprint density at radius 3 is 2.58 bits per heavy atom. The molecule has 2 aliphatic heterocycles. The third-order valence-electron chi connectivity index (χ3n) is 5.51. The summed E-state index contributed by atoms with van der Waals surface area (Å²) in [6, 6.07) is 19.1. The highest BCUT2D eigenvalue weighted by Crippen LogP contribution is 2.35. The van der Waals surface area contributed by atoms with E-state index in [0.717, 1.165) is 25.3 Å². The zero-order valence-corrected chi connectivity index (χ0v) is 15.3. The lowest BCUT2D eigenvalue weighted by Crippen LogP contribution is -2.49. The summed E-state index contributed by atoms with van der Waals surface area (Å²) in [5.74, 6) is 0.151. The second-order valence-electron chi connectivity index (χ2n) is 7.13. The Hall–Kier alpha value is -2.37. The number of amides is 1. The third-order valence-corrected chi connectivity index (χ3v) is 6.37. The summed E-state index contributed by atoms with van der Waals surface area (Å²) in [7, 11) is 0. The summed E-state index contributed by atoms with van der Waals surface area (Å²) in [5, 5.41) is 2.13. The number of benzene rings is 1. The van der Waals surface area contributed by atoms with E-state index in [4.69, 9.17) is 0 Å². The van der Waals surface area contributed by atoms with E-state index >= 15 is 0 Å². The molecule has 1 saturated heterocycles. The number of hydrogen-bond donors (Lipinski definition) is 0. The standard InChI is InChI=1S/C21H21N3OS/c25-21-18-9-4-10-23(18)19-14-22(13-17-8-5-11-26-17)15-20(19)24(21)12-16-6-2-1-3-7-16/h1-11,19-20H,12-15H2/t19-,20-/m0/s1. The molecule has 2 aromatic heterocycles. The molecular weight excluding hydrogens is 342 g/mol. The Labute approximate surface area is 157 Å². The predicted molar refractivity (Wildman–Crippen MR) is 103 cm³/mol. The van der Waals surface area contributed by atoms with E-state index in [9.17, 15) is 4.79 Å². The lowest BCUT2D eigenvalue weighted by molar-refractivity contribution is 0.0556. The lowest BCUT2D eigenvalue weighted by Gasteiger charge is -2.38. The number of likely N-dealkylation sites (tertiary alicyclic amines) is 1. The van der Waals surface area contributed by atoms with Crippen molar-refractivity contribution in [2.45, 2.75) is 25.2 Å². The largest absolute Gasteiger partial charge is 0.337 e. The Kier molecular flexibility index (Phi) is 3.91. The summed E-state index contributed by atoms with van der Waals surface area (Å²) < 4.78 is 2.20. The van der Waals surface area contributed by atoms with Gasteiger partial charge in [-0.3, -0.25) is 9.69 Å². The van der Waals surface area contributed by atoms with Gasteiger partial charge < -0.3 is 9.47 Å². The van der Waals surface area contributed by atoms with Crippen LogP contribution in [0.4, 0.5) is 0 Å². The van der Waals surface area contributed by atoms with Crippen molar-refractivity contribution in [1.29, 1.82) is 0 Å². The summed E-state index contributed by atoms with van der Waals surface area (Å²) in [6.45, 7) is 3.56. The van der Waals surface area contributed by atoms with Crippen LogP contribution in [0.15, 0.2) is 66.2 Å². The van der Waals surface area contributed by atoms with Crippen LogP contribution in [0.1, 0.15) is 27.0 Å². The molecule has 0 spiro atoms.